The lowest BCUT2D eigenvalue weighted by atomic mass is 10.6. The Bertz CT molecular complexity index is 86.7. The Morgan fingerprint density at radius 1 is 1.12 bits per heavy atom. The van der Waals surface area contributed by atoms with Gasteiger partial charge in [-0.1, -0.05) is 0 Å². The Balaban J connectivity index is 0.000000490. The Morgan fingerprint density at radius 2 is 1.50 bits per heavy atom. The van der Waals surface area contributed by atoms with Crippen molar-refractivity contribution in [3.63, 3.8) is 0 Å². The van der Waals surface area contributed by atoms with Crippen LogP contribution in [-0.4, -0.2) is 25.7 Å². The quantitative estimate of drug-likeness (QED) is 0.302. The third-order valence-electron chi connectivity index (χ3n) is 1.37. The van der Waals surface area contributed by atoms with Gasteiger partial charge in [0, 0.05) is 20.6 Å². The van der Waals surface area contributed by atoms with Gasteiger partial charge in [-0.2, -0.15) is 0 Å². The summed E-state index contributed by atoms with van der Waals surface area (Å²) >= 11 is 0. The summed E-state index contributed by atoms with van der Waals surface area (Å²) in [5.74, 6) is 0. The van der Waals surface area contributed by atoms with Crippen LogP contribution in [0.4, 0.5) is 0 Å². The van der Waals surface area contributed by atoms with Gasteiger partial charge in [-0.25, -0.2) is 0 Å². The number of halogens is 1. The average molecular weight is 151 g/mol. The molecule has 48 valence electrons. The molecular weight excluding hydrogens is 138 g/mol. The zero-order valence-electron chi connectivity index (χ0n) is 5.39. The molecule has 0 amide bonds. The maximum absolute atomic E-state index is 2.41. The fourth-order valence-corrected chi connectivity index (χ4v) is 2.38. The lowest BCUT2D eigenvalue weighted by molar-refractivity contribution is -0.00000168. The second-order valence-electron chi connectivity index (χ2n) is 2.77. The van der Waals surface area contributed by atoms with E-state index in [0.29, 0.717) is 0 Å². The molecule has 1 rings (SSSR count). The van der Waals surface area contributed by atoms with Crippen molar-refractivity contribution in [2.45, 2.75) is 0 Å². The van der Waals surface area contributed by atoms with Gasteiger partial charge in [0.15, 0.2) is 0 Å². The third kappa shape index (κ3) is 2.15. The van der Waals surface area contributed by atoms with Crippen molar-refractivity contribution in [3.8, 4) is 0 Å². The third-order valence-corrected chi connectivity index (χ3v) is 3.76. The van der Waals surface area contributed by atoms with E-state index in [9.17, 15) is 0 Å². The monoisotopic (exact) mass is 150 g/mol. The molecule has 1 aliphatic heterocycles. The van der Waals surface area contributed by atoms with Crippen LogP contribution >= 0.6 is 7.26 Å². The van der Waals surface area contributed by atoms with Gasteiger partial charge in [0.2, 0.25) is 0 Å². The van der Waals surface area contributed by atoms with Gasteiger partial charge in [0.1, 0.15) is 0 Å². The summed E-state index contributed by atoms with van der Waals surface area (Å²) < 4.78 is 0. The van der Waals surface area contributed by atoms with Crippen LogP contribution in [0, 0.1) is 0 Å². The molecule has 0 nitrogen and oxygen atoms in total. The maximum atomic E-state index is 2.41. The highest BCUT2D eigenvalue weighted by Gasteiger charge is 2.24. The highest BCUT2D eigenvalue weighted by molar-refractivity contribution is 7.75. The summed E-state index contributed by atoms with van der Waals surface area (Å²) in [6.45, 7) is 4.82. The molecule has 2 heteroatoms. The normalized spacial score (nSPS) is 22.8. The Hall–Kier alpha value is 0.460. The van der Waals surface area contributed by atoms with Crippen molar-refractivity contribution in [1.29, 1.82) is 0 Å². The largest absolute Gasteiger partial charge is 1.00 e. The first-order chi connectivity index (χ1) is 3.21. The molecule has 0 fully saturated rings. The van der Waals surface area contributed by atoms with Crippen LogP contribution in [-0.2, 0) is 0 Å². The van der Waals surface area contributed by atoms with Crippen molar-refractivity contribution in [1.82, 2.24) is 0 Å². The molecule has 0 aromatic rings. The number of hydrogen-bond acceptors (Lipinski definition) is 0. The molecule has 0 aromatic heterocycles. The van der Waals surface area contributed by atoms with Gasteiger partial charge in [0.25, 0.3) is 0 Å². The van der Waals surface area contributed by atoms with E-state index < -0.39 is 7.26 Å². The first kappa shape index (κ1) is 8.46. The van der Waals surface area contributed by atoms with Crippen LogP contribution in [0.15, 0.2) is 12.2 Å². The van der Waals surface area contributed by atoms with E-state index in [0.717, 1.165) is 0 Å². The predicted molar refractivity (Wildman–Crippen MR) is 37.6 cm³/mol. The lowest BCUT2D eigenvalue weighted by Crippen LogP contribution is -3.00. The van der Waals surface area contributed by atoms with Crippen LogP contribution < -0.4 is 12.4 Å². The van der Waals surface area contributed by atoms with E-state index in [4.69, 9.17) is 0 Å². The topological polar surface area (TPSA) is 0 Å². The standard InChI is InChI=1S/C6H12P.ClH/c1-7(2)5-3-4-6-7;/h3-4H,5-6H2,1-2H3;1H/q+1;/p-1. The summed E-state index contributed by atoms with van der Waals surface area (Å²) in [7, 11) is -0.404. The molecule has 0 saturated carbocycles. The maximum Gasteiger partial charge on any atom is 0.0772 e. The van der Waals surface area contributed by atoms with Gasteiger partial charge >= 0.3 is 0 Å². The van der Waals surface area contributed by atoms with E-state index in [1.165, 1.54) is 12.3 Å². The number of rotatable bonds is 0. The molecule has 0 atom stereocenters. The average Bonchev–Trinajstić information content (AvgIpc) is 1.84. The zero-order chi connectivity index (χ0) is 5.33. The molecule has 1 heterocycles. The molecule has 1 aliphatic rings. The molecule has 0 aromatic carbocycles. The van der Waals surface area contributed by atoms with Gasteiger partial charge in [-0.05, 0) is 12.2 Å². The van der Waals surface area contributed by atoms with Crippen LogP contribution in [0.1, 0.15) is 0 Å². The zero-order valence-corrected chi connectivity index (χ0v) is 7.04. The second-order valence-corrected chi connectivity index (χ2v) is 7.37. The smallest absolute Gasteiger partial charge is 0.0772 e. The van der Waals surface area contributed by atoms with E-state index in [2.05, 4.69) is 25.5 Å². The minimum atomic E-state index is -0.404. The molecule has 0 radical (unpaired) electrons. The molecule has 0 unspecified atom stereocenters. The van der Waals surface area contributed by atoms with Crippen molar-refractivity contribution in [3.05, 3.63) is 12.2 Å². The van der Waals surface area contributed by atoms with Crippen molar-refractivity contribution < 1.29 is 12.4 Å². The van der Waals surface area contributed by atoms with Gasteiger partial charge in [-0.15, -0.1) is 0 Å². The molecule has 0 saturated heterocycles. The summed E-state index contributed by atoms with van der Waals surface area (Å²) in [5.41, 5.74) is 0. The molecule has 8 heavy (non-hydrogen) atoms. The van der Waals surface area contributed by atoms with Crippen molar-refractivity contribution in [2.75, 3.05) is 25.7 Å². The summed E-state index contributed by atoms with van der Waals surface area (Å²) in [4.78, 5) is 0. The van der Waals surface area contributed by atoms with Crippen molar-refractivity contribution in [2.24, 2.45) is 0 Å². The molecule has 0 N–H and O–H groups in total. The van der Waals surface area contributed by atoms with Crippen LogP contribution in [0.3, 0.4) is 0 Å². The fraction of sp³-hybridized carbons (Fsp3) is 0.667. The first-order valence-corrected chi connectivity index (χ1v) is 5.73. The van der Waals surface area contributed by atoms with E-state index in [1.54, 1.807) is 0 Å². The van der Waals surface area contributed by atoms with E-state index in [-0.39, 0.29) is 12.4 Å². The number of allylic oxidation sites excluding steroid dienone is 2. The van der Waals surface area contributed by atoms with Gasteiger partial charge < -0.3 is 12.4 Å². The van der Waals surface area contributed by atoms with Crippen molar-refractivity contribution >= 4 is 7.26 Å². The molecule has 0 aliphatic carbocycles. The first-order valence-electron chi connectivity index (χ1n) is 2.68. The van der Waals surface area contributed by atoms with Crippen LogP contribution in [0.2, 0.25) is 0 Å². The summed E-state index contributed by atoms with van der Waals surface area (Å²) in [5, 5.41) is 0. The lowest BCUT2D eigenvalue weighted by Gasteiger charge is -2.06. The van der Waals surface area contributed by atoms with Crippen LogP contribution in [0.5, 0.6) is 0 Å². The minimum Gasteiger partial charge on any atom is -1.00 e. The predicted octanol–water partition coefficient (Wildman–Crippen LogP) is -1.16. The Kier molecular flexibility index (Phi) is 3.01. The molecule has 0 bridgehead atoms. The molecular formula is C6H12ClP. The Morgan fingerprint density at radius 3 is 1.62 bits per heavy atom. The van der Waals surface area contributed by atoms with E-state index >= 15 is 0 Å². The highest BCUT2D eigenvalue weighted by Crippen LogP contribution is 2.53. The van der Waals surface area contributed by atoms with E-state index in [1.807, 2.05) is 0 Å². The molecule has 0 spiro atoms. The van der Waals surface area contributed by atoms with Gasteiger partial charge in [0.05, 0.1) is 12.3 Å². The summed E-state index contributed by atoms with van der Waals surface area (Å²) in [6.07, 6.45) is 7.39. The SMILES string of the molecule is C[P+]1(C)CC=CC1.[Cl-]. The Labute approximate surface area is 58.1 Å². The summed E-state index contributed by atoms with van der Waals surface area (Å²) in [6, 6.07) is 0. The number of hydrogen-bond donors (Lipinski definition) is 0. The van der Waals surface area contributed by atoms with Crippen LogP contribution in [0.25, 0.3) is 0 Å². The minimum absolute atomic E-state index is 0. The highest BCUT2D eigenvalue weighted by atomic mass is 35.5. The van der Waals surface area contributed by atoms with Gasteiger partial charge in [-0.3, -0.25) is 0 Å². The second kappa shape index (κ2) is 2.85. The fourth-order valence-electron chi connectivity index (χ4n) is 0.794.